The van der Waals surface area contributed by atoms with Crippen LogP contribution in [0.25, 0.3) is 0 Å². The maximum Gasteiger partial charge on any atom is 0.305 e. The molecule has 104 valence electrons. The highest BCUT2D eigenvalue weighted by Crippen LogP contribution is 2.37. The van der Waals surface area contributed by atoms with E-state index in [-0.39, 0.29) is 6.42 Å². The van der Waals surface area contributed by atoms with Crippen LogP contribution in [-0.4, -0.2) is 18.2 Å². The van der Waals surface area contributed by atoms with Gasteiger partial charge in [-0.25, -0.2) is 0 Å². The van der Waals surface area contributed by atoms with Gasteiger partial charge in [-0.3, -0.25) is 4.79 Å². The molecule has 0 saturated carbocycles. The number of carbonyl (C=O) groups is 1. The Labute approximate surface area is 113 Å². The molecule has 1 unspecified atom stereocenters. The fourth-order valence-electron chi connectivity index (χ4n) is 3.01. The summed E-state index contributed by atoms with van der Waals surface area (Å²) in [6.45, 7) is 2.08. The van der Waals surface area contributed by atoms with Crippen molar-refractivity contribution in [2.45, 2.75) is 45.1 Å². The molecule has 0 amide bonds. The molecular formula is C15H21NO3. The van der Waals surface area contributed by atoms with Gasteiger partial charge in [-0.05, 0) is 55.4 Å². The summed E-state index contributed by atoms with van der Waals surface area (Å²) in [5, 5.41) is 8.95. The van der Waals surface area contributed by atoms with Crippen molar-refractivity contribution in [1.29, 1.82) is 0 Å². The zero-order valence-corrected chi connectivity index (χ0v) is 11.5. The summed E-state index contributed by atoms with van der Waals surface area (Å²) >= 11 is 0. The lowest BCUT2D eigenvalue weighted by atomic mass is 9.82. The molecule has 19 heavy (non-hydrogen) atoms. The first-order valence-corrected chi connectivity index (χ1v) is 6.71. The van der Waals surface area contributed by atoms with Crippen LogP contribution in [0.15, 0.2) is 6.07 Å². The number of benzene rings is 1. The lowest BCUT2D eigenvalue weighted by molar-refractivity contribution is -0.137. The van der Waals surface area contributed by atoms with Crippen LogP contribution in [0.1, 0.15) is 47.6 Å². The van der Waals surface area contributed by atoms with Crippen LogP contribution in [-0.2, 0) is 17.6 Å². The van der Waals surface area contributed by atoms with Crippen molar-refractivity contribution in [1.82, 2.24) is 0 Å². The Balaban J connectivity index is 2.53. The van der Waals surface area contributed by atoms with E-state index in [1.54, 1.807) is 7.11 Å². The van der Waals surface area contributed by atoms with Crippen molar-refractivity contribution >= 4 is 5.97 Å². The van der Waals surface area contributed by atoms with Crippen LogP contribution in [0.2, 0.25) is 0 Å². The Bertz CT molecular complexity index is 497. The van der Waals surface area contributed by atoms with Crippen LogP contribution >= 0.6 is 0 Å². The molecule has 0 aliphatic heterocycles. The van der Waals surface area contributed by atoms with Gasteiger partial charge in [-0.1, -0.05) is 0 Å². The van der Waals surface area contributed by atoms with Gasteiger partial charge in [0.1, 0.15) is 5.75 Å². The third-order valence-corrected chi connectivity index (χ3v) is 3.87. The largest absolute Gasteiger partial charge is 0.496 e. The van der Waals surface area contributed by atoms with E-state index >= 15 is 0 Å². The summed E-state index contributed by atoms with van der Waals surface area (Å²) in [4.78, 5) is 10.9. The summed E-state index contributed by atoms with van der Waals surface area (Å²) in [5.41, 5.74) is 10.8. The van der Waals surface area contributed by atoms with E-state index in [0.29, 0.717) is 0 Å². The molecule has 1 aromatic carbocycles. The predicted molar refractivity (Wildman–Crippen MR) is 73.6 cm³/mol. The smallest absolute Gasteiger partial charge is 0.305 e. The van der Waals surface area contributed by atoms with Crippen molar-refractivity contribution < 1.29 is 14.6 Å². The minimum atomic E-state index is -0.875. The molecule has 0 heterocycles. The van der Waals surface area contributed by atoms with Crippen molar-refractivity contribution in [2.24, 2.45) is 5.73 Å². The zero-order chi connectivity index (χ0) is 14.0. The predicted octanol–water partition coefficient (Wildman–Crippen LogP) is 2.36. The van der Waals surface area contributed by atoms with Crippen molar-refractivity contribution in [3.63, 3.8) is 0 Å². The van der Waals surface area contributed by atoms with Gasteiger partial charge in [-0.15, -0.1) is 0 Å². The van der Waals surface area contributed by atoms with Gasteiger partial charge in [0.05, 0.1) is 13.5 Å². The van der Waals surface area contributed by atoms with Gasteiger partial charge >= 0.3 is 5.97 Å². The lowest BCUT2D eigenvalue weighted by Gasteiger charge is -2.26. The molecular weight excluding hydrogens is 242 g/mol. The van der Waals surface area contributed by atoms with E-state index in [4.69, 9.17) is 15.6 Å². The van der Waals surface area contributed by atoms with Gasteiger partial charge in [-0.2, -0.15) is 0 Å². The first-order chi connectivity index (χ1) is 9.04. The number of hydrogen-bond donors (Lipinski definition) is 2. The van der Waals surface area contributed by atoms with Crippen LogP contribution in [0.3, 0.4) is 0 Å². The number of fused-ring (bicyclic) bond motifs is 1. The number of aryl methyl sites for hydroxylation is 1. The monoisotopic (exact) mass is 263 g/mol. The first-order valence-electron chi connectivity index (χ1n) is 6.71. The summed E-state index contributed by atoms with van der Waals surface area (Å²) in [5.74, 6) is -0.147. The van der Waals surface area contributed by atoms with E-state index in [9.17, 15) is 4.79 Å². The maximum absolute atomic E-state index is 10.9. The summed E-state index contributed by atoms with van der Waals surface area (Å²) in [6, 6.07) is 1.49. The fourth-order valence-corrected chi connectivity index (χ4v) is 3.01. The van der Waals surface area contributed by atoms with Crippen molar-refractivity contribution in [3.05, 3.63) is 28.3 Å². The third kappa shape index (κ3) is 2.73. The molecule has 1 aliphatic rings. The number of aliphatic carboxylic acids is 1. The van der Waals surface area contributed by atoms with Crippen LogP contribution in [0.5, 0.6) is 5.75 Å². The highest BCUT2D eigenvalue weighted by atomic mass is 16.5. The second-order valence-corrected chi connectivity index (χ2v) is 5.18. The average Bonchev–Trinajstić information content (AvgIpc) is 2.37. The van der Waals surface area contributed by atoms with Crippen molar-refractivity contribution in [3.8, 4) is 5.75 Å². The van der Waals surface area contributed by atoms with Gasteiger partial charge < -0.3 is 15.6 Å². The van der Waals surface area contributed by atoms with Gasteiger partial charge in [0.15, 0.2) is 0 Å². The second kappa shape index (κ2) is 5.61. The number of ether oxygens (including phenoxy) is 1. The highest BCUT2D eigenvalue weighted by Gasteiger charge is 2.24. The number of nitrogens with two attached hydrogens (primary N) is 1. The van der Waals surface area contributed by atoms with E-state index in [0.717, 1.165) is 30.6 Å². The van der Waals surface area contributed by atoms with Gasteiger partial charge in [0, 0.05) is 11.6 Å². The van der Waals surface area contributed by atoms with E-state index in [2.05, 4.69) is 6.92 Å². The molecule has 0 saturated heterocycles. The van der Waals surface area contributed by atoms with Gasteiger partial charge in [0.25, 0.3) is 0 Å². The number of methoxy groups -OCH3 is 1. The molecule has 2 rings (SSSR count). The van der Waals surface area contributed by atoms with Crippen LogP contribution in [0.4, 0.5) is 0 Å². The Hall–Kier alpha value is -1.55. The zero-order valence-electron chi connectivity index (χ0n) is 11.5. The lowest BCUT2D eigenvalue weighted by Crippen LogP contribution is -2.20. The molecule has 4 nitrogen and oxygen atoms in total. The first kappa shape index (κ1) is 13.9. The average molecular weight is 263 g/mol. The Morgan fingerprint density at radius 1 is 1.42 bits per heavy atom. The van der Waals surface area contributed by atoms with Crippen molar-refractivity contribution in [2.75, 3.05) is 7.11 Å². The minimum absolute atomic E-state index is 0.0636. The molecule has 0 radical (unpaired) electrons. The maximum atomic E-state index is 10.9. The molecule has 3 N–H and O–H groups in total. The SMILES string of the molecule is COc1cc(C)c2c(c1C(N)CC(=O)O)CCCC2. The Morgan fingerprint density at radius 3 is 2.63 bits per heavy atom. The number of carboxylic acids is 1. The molecule has 1 aliphatic carbocycles. The standard InChI is InChI=1S/C15H21NO3/c1-9-7-13(19-2)15(12(16)8-14(17)18)11-6-4-3-5-10(9)11/h7,12H,3-6,8,16H2,1-2H3,(H,17,18). The molecule has 4 heteroatoms. The van der Waals surface area contributed by atoms with Crippen LogP contribution < -0.4 is 10.5 Å². The number of carboxylic acid groups (broad SMARTS) is 1. The van der Waals surface area contributed by atoms with E-state index in [1.807, 2.05) is 6.07 Å². The topological polar surface area (TPSA) is 72.5 Å². The second-order valence-electron chi connectivity index (χ2n) is 5.18. The molecule has 1 aromatic rings. The molecule has 0 bridgehead atoms. The molecule has 0 aromatic heterocycles. The number of rotatable bonds is 4. The Kier molecular flexibility index (Phi) is 4.10. The Morgan fingerprint density at radius 2 is 2.05 bits per heavy atom. The highest BCUT2D eigenvalue weighted by molar-refractivity contribution is 5.68. The van der Waals surface area contributed by atoms with E-state index < -0.39 is 12.0 Å². The summed E-state index contributed by atoms with van der Waals surface area (Å²) in [7, 11) is 1.61. The van der Waals surface area contributed by atoms with Gasteiger partial charge in [0.2, 0.25) is 0 Å². The van der Waals surface area contributed by atoms with Crippen LogP contribution in [0, 0.1) is 6.92 Å². The quantitative estimate of drug-likeness (QED) is 0.874. The fraction of sp³-hybridized carbons (Fsp3) is 0.533. The summed E-state index contributed by atoms with van der Waals surface area (Å²) in [6.07, 6.45) is 4.28. The molecule has 0 spiro atoms. The molecule has 1 atom stereocenters. The third-order valence-electron chi connectivity index (χ3n) is 3.87. The summed E-state index contributed by atoms with van der Waals surface area (Å²) < 4.78 is 5.42. The normalized spacial score (nSPS) is 15.7. The van der Waals surface area contributed by atoms with E-state index in [1.165, 1.54) is 23.1 Å². The minimum Gasteiger partial charge on any atom is -0.496 e. The number of hydrogen-bond acceptors (Lipinski definition) is 3. The molecule has 0 fully saturated rings.